The minimum absolute atomic E-state index is 0.162. The number of thiophene rings is 1. The molecule has 96 valence electrons. The zero-order chi connectivity index (χ0) is 13.0. The van der Waals surface area contributed by atoms with E-state index in [0.29, 0.717) is 5.56 Å². The van der Waals surface area contributed by atoms with Crippen LogP contribution >= 0.6 is 27.3 Å². The first-order chi connectivity index (χ1) is 8.72. The third-order valence-corrected chi connectivity index (χ3v) is 4.40. The highest BCUT2D eigenvalue weighted by Crippen LogP contribution is 2.33. The SMILES string of the molecule is CCCNCc1ccc(-c2cscc2Br)c(F)c1. The van der Waals surface area contributed by atoms with E-state index in [1.54, 1.807) is 17.4 Å². The Morgan fingerprint density at radius 3 is 2.72 bits per heavy atom. The van der Waals surface area contributed by atoms with Crippen molar-refractivity contribution in [3.63, 3.8) is 0 Å². The number of benzene rings is 1. The maximum atomic E-state index is 14.1. The molecular weight excluding hydrogens is 313 g/mol. The third kappa shape index (κ3) is 3.19. The second-order valence-corrected chi connectivity index (χ2v) is 5.72. The van der Waals surface area contributed by atoms with Gasteiger partial charge in [-0.1, -0.05) is 19.1 Å². The summed E-state index contributed by atoms with van der Waals surface area (Å²) < 4.78 is 15.0. The molecule has 4 heteroatoms. The van der Waals surface area contributed by atoms with Gasteiger partial charge in [0.2, 0.25) is 0 Å². The predicted molar refractivity (Wildman–Crippen MR) is 79.4 cm³/mol. The molecule has 0 spiro atoms. The van der Waals surface area contributed by atoms with E-state index in [1.807, 2.05) is 22.9 Å². The zero-order valence-corrected chi connectivity index (χ0v) is 12.6. The summed E-state index contributed by atoms with van der Waals surface area (Å²) in [4.78, 5) is 0. The lowest BCUT2D eigenvalue weighted by Crippen LogP contribution is -2.13. The molecule has 1 heterocycles. The molecule has 2 aromatic rings. The molecule has 1 nitrogen and oxygen atoms in total. The lowest BCUT2D eigenvalue weighted by Gasteiger charge is -2.07. The van der Waals surface area contributed by atoms with Crippen LogP contribution in [0.2, 0.25) is 0 Å². The summed E-state index contributed by atoms with van der Waals surface area (Å²) in [6.07, 6.45) is 1.09. The fourth-order valence-corrected chi connectivity index (χ4v) is 3.28. The fraction of sp³-hybridized carbons (Fsp3) is 0.286. The van der Waals surface area contributed by atoms with Crippen LogP contribution in [0, 0.1) is 5.82 Å². The number of nitrogens with one attached hydrogen (secondary N) is 1. The van der Waals surface area contributed by atoms with E-state index in [4.69, 9.17) is 0 Å². The fourth-order valence-electron chi connectivity index (χ4n) is 1.77. The van der Waals surface area contributed by atoms with Crippen molar-refractivity contribution in [3.05, 3.63) is 44.8 Å². The summed E-state index contributed by atoms with van der Waals surface area (Å²) >= 11 is 5.00. The van der Waals surface area contributed by atoms with Gasteiger partial charge in [-0.3, -0.25) is 0 Å². The molecule has 0 aliphatic rings. The minimum Gasteiger partial charge on any atom is -0.313 e. The van der Waals surface area contributed by atoms with Crippen molar-refractivity contribution in [2.24, 2.45) is 0 Å². The average Bonchev–Trinajstić information content (AvgIpc) is 2.76. The summed E-state index contributed by atoms with van der Waals surface area (Å²) in [6.45, 7) is 3.79. The Bertz CT molecular complexity index is 524. The van der Waals surface area contributed by atoms with Gasteiger partial charge in [-0.15, -0.1) is 0 Å². The van der Waals surface area contributed by atoms with Gasteiger partial charge in [0.1, 0.15) is 5.82 Å². The molecule has 0 radical (unpaired) electrons. The lowest BCUT2D eigenvalue weighted by molar-refractivity contribution is 0.622. The molecule has 0 amide bonds. The molecule has 0 saturated carbocycles. The number of hydrogen-bond acceptors (Lipinski definition) is 2. The molecule has 0 aliphatic heterocycles. The molecule has 0 saturated heterocycles. The van der Waals surface area contributed by atoms with Gasteiger partial charge in [-0.25, -0.2) is 4.39 Å². The van der Waals surface area contributed by atoms with E-state index < -0.39 is 0 Å². The van der Waals surface area contributed by atoms with Crippen LogP contribution in [0.25, 0.3) is 11.1 Å². The van der Waals surface area contributed by atoms with Crippen LogP contribution in [0.15, 0.2) is 33.4 Å². The van der Waals surface area contributed by atoms with Gasteiger partial charge in [0.15, 0.2) is 0 Å². The van der Waals surface area contributed by atoms with Gasteiger partial charge >= 0.3 is 0 Å². The van der Waals surface area contributed by atoms with E-state index in [0.717, 1.165) is 35.1 Å². The van der Waals surface area contributed by atoms with Crippen LogP contribution in [0.5, 0.6) is 0 Å². The molecule has 1 aromatic heterocycles. The molecule has 2 rings (SSSR count). The molecule has 1 aromatic carbocycles. The van der Waals surface area contributed by atoms with Gasteiger partial charge in [-0.2, -0.15) is 11.3 Å². The van der Waals surface area contributed by atoms with Crippen LogP contribution < -0.4 is 5.32 Å². The second-order valence-electron chi connectivity index (χ2n) is 4.12. The summed E-state index contributed by atoms with van der Waals surface area (Å²) in [5, 5.41) is 7.19. The first-order valence-corrected chi connectivity index (χ1v) is 7.67. The number of halogens is 2. The van der Waals surface area contributed by atoms with E-state index in [1.165, 1.54) is 0 Å². The molecule has 0 bridgehead atoms. The summed E-state index contributed by atoms with van der Waals surface area (Å²) in [5.41, 5.74) is 2.56. The van der Waals surface area contributed by atoms with Crippen molar-refractivity contribution >= 4 is 27.3 Å². The van der Waals surface area contributed by atoms with Crippen LogP contribution in [0.1, 0.15) is 18.9 Å². The molecule has 0 fully saturated rings. The highest BCUT2D eigenvalue weighted by Gasteiger charge is 2.09. The number of hydrogen-bond donors (Lipinski definition) is 1. The van der Waals surface area contributed by atoms with Gasteiger partial charge in [0.25, 0.3) is 0 Å². The largest absolute Gasteiger partial charge is 0.313 e. The summed E-state index contributed by atoms with van der Waals surface area (Å²) in [7, 11) is 0. The Morgan fingerprint density at radius 1 is 1.28 bits per heavy atom. The van der Waals surface area contributed by atoms with Gasteiger partial charge in [0, 0.05) is 27.5 Å². The van der Waals surface area contributed by atoms with Gasteiger partial charge in [-0.05, 0) is 45.9 Å². The molecule has 0 atom stereocenters. The Kier molecular flexibility index (Phi) is 4.92. The summed E-state index contributed by atoms with van der Waals surface area (Å²) in [6, 6.07) is 5.44. The van der Waals surface area contributed by atoms with Crippen molar-refractivity contribution in [1.82, 2.24) is 5.32 Å². The normalized spacial score (nSPS) is 10.8. The second kappa shape index (κ2) is 6.45. The van der Waals surface area contributed by atoms with Gasteiger partial charge < -0.3 is 5.32 Å². The molecule has 0 unspecified atom stereocenters. The van der Waals surface area contributed by atoms with Crippen LogP contribution in [0.4, 0.5) is 4.39 Å². The average molecular weight is 328 g/mol. The van der Waals surface area contributed by atoms with Crippen LogP contribution in [-0.2, 0) is 6.54 Å². The Hall–Kier alpha value is -0.710. The zero-order valence-electron chi connectivity index (χ0n) is 10.2. The maximum absolute atomic E-state index is 14.1. The van der Waals surface area contributed by atoms with E-state index in [9.17, 15) is 4.39 Å². The predicted octanol–water partition coefficient (Wildman–Crippen LogP) is 4.82. The molecular formula is C14H15BrFNS. The van der Waals surface area contributed by atoms with E-state index in [-0.39, 0.29) is 5.82 Å². The number of rotatable bonds is 5. The lowest BCUT2D eigenvalue weighted by atomic mass is 10.1. The monoisotopic (exact) mass is 327 g/mol. The Balaban J connectivity index is 2.18. The Morgan fingerprint density at radius 2 is 2.11 bits per heavy atom. The van der Waals surface area contributed by atoms with E-state index in [2.05, 4.69) is 28.2 Å². The topological polar surface area (TPSA) is 12.0 Å². The maximum Gasteiger partial charge on any atom is 0.131 e. The van der Waals surface area contributed by atoms with Crippen LogP contribution in [-0.4, -0.2) is 6.54 Å². The quantitative estimate of drug-likeness (QED) is 0.776. The van der Waals surface area contributed by atoms with Gasteiger partial charge in [0.05, 0.1) is 0 Å². The smallest absolute Gasteiger partial charge is 0.131 e. The third-order valence-electron chi connectivity index (χ3n) is 2.69. The van der Waals surface area contributed by atoms with Crippen molar-refractivity contribution in [2.45, 2.75) is 19.9 Å². The Labute approximate surface area is 119 Å². The van der Waals surface area contributed by atoms with Crippen molar-refractivity contribution in [1.29, 1.82) is 0 Å². The van der Waals surface area contributed by atoms with Crippen molar-refractivity contribution in [2.75, 3.05) is 6.54 Å². The standard InChI is InChI=1S/C14H15BrFNS/c1-2-5-17-7-10-3-4-11(14(16)6-10)12-8-18-9-13(12)15/h3-4,6,8-9,17H,2,5,7H2,1H3. The molecule has 1 N–H and O–H groups in total. The highest BCUT2D eigenvalue weighted by molar-refractivity contribution is 9.10. The minimum atomic E-state index is -0.162. The van der Waals surface area contributed by atoms with Crippen molar-refractivity contribution < 1.29 is 4.39 Å². The first-order valence-electron chi connectivity index (χ1n) is 5.93. The summed E-state index contributed by atoms with van der Waals surface area (Å²) in [5.74, 6) is -0.162. The van der Waals surface area contributed by atoms with E-state index >= 15 is 0 Å². The molecule has 0 aliphatic carbocycles. The molecule has 18 heavy (non-hydrogen) atoms. The van der Waals surface area contributed by atoms with Crippen molar-refractivity contribution in [3.8, 4) is 11.1 Å². The highest BCUT2D eigenvalue weighted by atomic mass is 79.9. The first kappa shape index (κ1) is 13.7. The van der Waals surface area contributed by atoms with Crippen LogP contribution in [0.3, 0.4) is 0 Å².